The van der Waals surface area contributed by atoms with E-state index in [9.17, 15) is 14.4 Å². The van der Waals surface area contributed by atoms with Gasteiger partial charge in [0.1, 0.15) is 13.2 Å². The van der Waals surface area contributed by atoms with Gasteiger partial charge < -0.3 is 14.2 Å². The van der Waals surface area contributed by atoms with Crippen molar-refractivity contribution in [1.82, 2.24) is 0 Å². The summed E-state index contributed by atoms with van der Waals surface area (Å²) in [4.78, 5) is 38.2. The first kappa shape index (κ1) is 70.8. The normalized spacial score (nSPS) is 12.9. The summed E-state index contributed by atoms with van der Waals surface area (Å²) in [5.74, 6) is -0.958. The van der Waals surface area contributed by atoms with Crippen LogP contribution in [0.3, 0.4) is 0 Å². The third kappa shape index (κ3) is 60.6. The molecule has 0 heterocycles. The number of carbonyl (C=O) groups excluding carboxylic acids is 3. The Morgan fingerprint density at radius 1 is 0.280 bits per heavy atom. The van der Waals surface area contributed by atoms with Crippen LogP contribution in [0.25, 0.3) is 0 Å². The van der Waals surface area contributed by atoms with Crippen LogP contribution in [0.2, 0.25) is 0 Å². The number of rotatable bonds is 55. The topological polar surface area (TPSA) is 78.9 Å². The molecule has 0 spiro atoms. The number of allylic oxidation sites excluding steroid dienone is 20. The number of hydrogen-bond donors (Lipinski definition) is 0. The molecule has 0 aliphatic heterocycles. The van der Waals surface area contributed by atoms with E-state index in [1.165, 1.54) is 122 Å². The van der Waals surface area contributed by atoms with Crippen LogP contribution in [0.4, 0.5) is 0 Å². The lowest BCUT2D eigenvalue weighted by molar-refractivity contribution is -0.167. The Morgan fingerprint density at radius 2 is 0.533 bits per heavy atom. The molecule has 6 heteroatoms. The molecular formula is C69H114O6. The van der Waals surface area contributed by atoms with Crippen molar-refractivity contribution in [3.63, 3.8) is 0 Å². The van der Waals surface area contributed by atoms with Crippen LogP contribution in [0.5, 0.6) is 0 Å². The third-order valence-electron chi connectivity index (χ3n) is 13.0. The summed E-state index contributed by atoms with van der Waals surface area (Å²) < 4.78 is 16.8. The molecule has 0 aromatic heterocycles. The second-order valence-corrected chi connectivity index (χ2v) is 20.2. The summed E-state index contributed by atoms with van der Waals surface area (Å²) in [6.45, 7) is 6.37. The zero-order valence-electron chi connectivity index (χ0n) is 48.8. The van der Waals surface area contributed by atoms with E-state index in [1.54, 1.807) is 0 Å². The Bertz CT molecular complexity index is 1570. The Labute approximate surface area is 462 Å². The molecule has 0 bridgehead atoms. The average Bonchev–Trinajstić information content (AvgIpc) is 3.41. The molecule has 0 saturated heterocycles. The Hall–Kier alpha value is -4.19. The van der Waals surface area contributed by atoms with Gasteiger partial charge >= 0.3 is 17.9 Å². The number of hydrogen-bond acceptors (Lipinski definition) is 6. The molecule has 1 unspecified atom stereocenters. The van der Waals surface area contributed by atoms with Crippen molar-refractivity contribution in [2.24, 2.45) is 0 Å². The molecule has 6 nitrogen and oxygen atoms in total. The van der Waals surface area contributed by atoms with Crippen molar-refractivity contribution in [2.75, 3.05) is 13.2 Å². The second kappa shape index (κ2) is 62.4. The Kier molecular flexibility index (Phi) is 58.9. The van der Waals surface area contributed by atoms with Crippen molar-refractivity contribution in [3.8, 4) is 0 Å². The number of ether oxygens (including phenoxy) is 3. The largest absolute Gasteiger partial charge is 0.462 e. The summed E-state index contributed by atoms with van der Waals surface area (Å²) >= 11 is 0. The number of carbonyl (C=O) groups is 3. The van der Waals surface area contributed by atoms with Crippen molar-refractivity contribution < 1.29 is 28.6 Å². The summed E-state index contributed by atoms with van der Waals surface area (Å²) in [6, 6.07) is 0. The van der Waals surface area contributed by atoms with Gasteiger partial charge in [-0.15, -0.1) is 0 Å². The standard InChI is InChI=1S/C69H114O6/c1-4-7-10-13-16-19-22-24-26-28-29-30-31-32-33-34-35-36-37-38-39-41-42-44-47-50-53-56-59-62-68(71)74-65-66(64-73-67(70)61-58-55-52-49-46-21-18-15-12-9-6-3)75-69(72)63-60-57-54-51-48-45-43-40-27-25-23-20-17-14-11-8-5-2/h7-8,10-11,16-17,19-20,24-27,29-30,32-33,43,45,51,54,66H,4-6,9,12-15,18,21-23,28,31,34-42,44,46-50,52-53,55-65H2,1-3H3/b10-7-,11-8-,19-16-,20-17-,26-24-,27-25-,30-29-,33-32-,45-43-,54-51-. The zero-order valence-corrected chi connectivity index (χ0v) is 48.8. The van der Waals surface area contributed by atoms with Gasteiger partial charge in [0.25, 0.3) is 0 Å². The van der Waals surface area contributed by atoms with Crippen LogP contribution in [0.15, 0.2) is 122 Å². The van der Waals surface area contributed by atoms with Crippen LogP contribution < -0.4 is 0 Å². The molecule has 1 atom stereocenters. The highest BCUT2D eigenvalue weighted by Crippen LogP contribution is 2.16. The lowest BCUT2D eigenvalue weighted by Gasteiger charge is -2.18. The highest BCUT2D eigenvalue weighted by molar-refractivity contribution is 5.71. The Balaban J connectivity index is 4.29. The molecule has 0 aromatic carbocycles. The summed E-state index contributed by atoms with van der Waals surface area (Å²) in [5, 5.41) is 0. The van der Waals surface area contributed by atoms with Gasteiger partial charge in [-0.1, -0.05) is 277 Å². The summed E-state index contributed by atoms with van der Waals surface area (Å²) in [7, 11) is 0. The fourth-order valence-electron chi connectivity index (χ4n) is 8.39. The van der Waals surface area contributed by atoms with Crippen molar-refractivity contribution >= 4 is 17.9 Å². The average molecular weight is 1040 g/mol. The molecular weight excluding hydrogens is 925 g/mol. The Morgan fingerprint density at radius 3 is 0.853 bits per heavy atom. The molecule has 0 amide bonds. The van der Waals surface area contributed by atoms with Crippen molar-refractivity contribution in [2.45, 2.75) is 284 Å². The van der Waals surface area contributed by atoms with E-state index in [1.807, 2.05) is 0 Å². The molecule has 426 valence electrons. The van der Waals surface area contributed by atoms with Gasteiger partial charge in [0.2, 0.25) is 0 Å². The van der Waals surface area contributed by atoms with Gasteiger partial charge in [-0.25, -0.2) is 0 Å². The second-order valence-electron chi connectivity index (χ2n) is 20.2. The van der Waals surface area contributed by atoms with Crippen LogP contribution in [-0.2, 0) is 28.6 Å². The van der Waals surface area contributed by atoms with E-state index < -0.39 is 6.10 Å². The van der Waals surface area contributed by atoms with E-state index >= 15 is 0 Å². The maximum Gasteiger partial charge on any atom is 0.306 e. The first-order chi connectivity index (χ1) is 37.0. The molecule has 0 saturated carbocycles. The highest BCUT2D eigenvalue weighted by atomic mass is 16.6. The van der Waals surface area contributed by atoms with Crippen LogP contribution in [-0.4, -0.2) is 37.2 Å². The quantitative estimate of drug-likeness (QED) is 0.0261. The first-order valence-electron chi connectivity index (χ1n) is 31.0. The predicted molar refractivity (Wildman–Crippen MR) is 325 cm³/mol. The van der Waals surface area contributed by atoms with Crippen molar-refractivity contribution in [3.05, 3.63) is 122 Å². The van der Waals surface area contributed by atoms with Gasteiger partial charge in [-0.2, -0.15) is 0 Å². The van der Waals surface area contributed by atoms with Crippen LogP contribution >= 0.6 is 0 Å². The van der Waals surface area contributed by atoms with E-state index in [2.05, 4.69) is 142 Å². The lowest BCUT2D eigenvalue weighted by atomic mass is 10.0. The fraction of sp³-hybridized carbons (Fsp3) is 0.667. The molecule has 0 aliphatic carbocycles. The lowest BCUT2D eigenvalue weighted by Crippen LogP contribution is -2.30. The maximum absolute atomic E-state index is 12.8. The van der Waals surface area contributed by atoms with E-state index in [0.29, 0.717) is 19.3 Å². The minimum atomic E-state index is -0.809. The van der Waals surface area contributed by atoms with Gasteiger partial charge in [0, 0.05) is 19.3 Å². The van der Waals surface area contributed by atoms with E-state index in [0.717, 1.165) is 109 Å². The molecule has 0 N–H and O–H groups in total. The van der Waals surface area contributed by atoms with E-state index in [-0.39, 0.29) is 37.5 Å². The van der Waals surface area contributed by atoms with Crippen molar-refractivity contribution in [1.29, 1.82) is 0 Å². The molecule has 75 heavy (non-hydrogen) atoms. The molecule has 0 radical (unpaired) electrons. The monoisotopic (exact) mass is 1040 g/mol. The zero-order chi connectivity index (χ0) is 54.3. The van der Waals surface area contributed by atoms with Gasteiger partial charge in [0.05, 0.1) is 0 Å². The minimum absolute atomic E-state index is 0.100. The smallest absolute Gasteiger partial charge is 0.306 e. The number of esters is 3. The van der Waals surface area contributed by atoms with Gasteiger partial charge in [-0.05, 0) is 103 Å². The third-order valence-corrected chi connectivity index (χ3v) is 13.0. The summed E-state index contributed by atoms with van der Waals surface area (Å²) in [5.41, 5.74) is 0. The summed E-state index contributed by atoms with van der Waals surface area (Å²) in [6.07, 6.45) is 86.4. The molecule has 0 rings (SSSR count). The highest BCUT2D eigenvalue weighted by Gasteiger charge is 2.19. The van der Waals surface area contributed by atoms with Crippen LogP contribution in [0, 0.1) is 0 Å². The first-order valence-corrected chi connectivity index (χ1v) is 31.0. The number of unbranched alkanes of at least 4 members (excludes halogenated alkanes) is 24. The maximum atomic E-state index is 12.8. The molecule has 0 aromatic rings. The van der Waals surface area contributed by atoms with Gasteiger partial charge in [-0.3, -0.25) is 14.4 Å². The fourth-order valence-corrected chi connectivity index (χ4v) is 8.39. The van der Waals surface area contributed by atoms with Crippen LogP contribution in [0.1, 0.15) is 278 Å². The molecule has 0 fully saturated rings. The van der Waals surface area contributed by atoms with E-state index in [4.69, 9.17) is 14.2 Å². The predicted octanol–water partition coefficient (Wildman–Crippen LogP) is 21.2. The minimum Gasteiger partial charge on any atom is -0.462 e. The molecule has 0 aliphatic rings. The van der Waals surface area contributed by atoms with Gasteiger partial charge in [0.15, 0.2) is 6.10 Å². The SMILES string of the molecule is CC/C=C\C/C=C\C/C=C\C/C=C\C/C=C\CCCCCCCCCCCCCCCC(=O)OCC(COC(=O)CCCCCCCCCCCCC)OC(=O)CCC/C=C\C/C=C\C/C=C\C/C=C\C/C=C\CC.